The second-order valence-corrected chi connectivity index (χ2v) is 8.55. The normalized spacial score (nSPS) is 26.9. The lowest BCUT2D eigenvalue weighted by atomic mass is 10.0. The Hall–Kier alpha value is -2.44. The van der Waals surface area contributed by atoms with Gasteiger partial charge in [0.05, 0.1) is 17.4 Å². The van der Waals surface area contributed by atoms with Crippen molar-refractivity contribution < 1.29 is 4.79 Å². The van der Waals surface area contributed by atoms with E-state index in [1.54, 1.807) is 0 Å². The Kier molecular flexibility index (Phi) is 4.33. The fourth-order valence-electron chi connectivity index (χ4n) is 4.71. The van der Waals surface area contributed by atoms with Gasteiger partial charge in [0, 0.05) is 50.6 Å². The molecule has 1 aliphatic carbocycles. The molecule has 3 fully saturated rings. The number of anilines is 1. The highest BCUT2D eigenvalue weighted by atomic mass is 16.2. The second kappa shape index (κ2) is 6.87. The van der Waals surface area contributed by atoms with E-state index in [-0.39, 0.29) is 12.0 Å². The molecule has 2 aliphatic heterocycles. The summed E-state index contributed by atoms with van der Waals surface area (Å²) in [7, 11) is 1.94. The van der Waals surface area contributed by atoms with Crippen LogP contribution in [0.3, 0.4) is 0 Å². The third-order valence-corrected chi connectivity index (χ3v) is 6.44. The topological polar surface area (TPSA) is 67.2 Å². The van der Waals surface area contributed by atoms with Crippen molar-refractivity contribution >= 4 is 11.9 Å². The Morgan fingerprint density at radius 3 is 2.71 bits per heavy atom. The molecule has 7 heteroatoms. The number of aryl methyl sites for hydroxylation is 1. The first-order chi connectivity index (χ1) is 13.6. The molecule has 2 saturated heterocycles. The Bertz CT molecular complexity index is 887. The molecule has 148 valence electrons. The zero-order valence-corrected chi connectivity index (χ0v) is 16.7. The number of rotatable bonds is 4. The standard InChI is InChI=1S/C21H28N6O/c1-14-12-15(14)20(28)27-11-5-6-18(27)19-16(13-25(2)24-19)17-7-8-22-21(23-17)26-9-3-4-10-26/h7-8,13-15,18H,3-6,9-12H2,1-2H3/t14-,15-,18-/m1/s1. The van der Waals surface area contributed by atoms with Crippen molar-refractivity contribution in [1.82, 2.24) is 24.6 Å². The molecular formula is C21H28N6O. The monoisotopic (exact) mass is 380 g/mol. The summed E-state index contributed by atoms with van der Waals surface area (Å²) in [6.45, 7) is 5.05. The molecule has 0 radical (unpaired) electrons. The predicted octanol–water partition coefficient (Wildman–Crippen LogP) is 2.80. The van der Waals surface area contributed by atoms with Gasteiger partial charge in [-0.3, -0.25) is 9.48 Å². The summed E-state index contributed by atoms with van der Waals surface area (Å²) in [5.74, 6) is 1.86. The van der Waals surface area contributed by atoms with Crippen LogP contribution < -0.4 is 4.90 Å². The number of carbonyl (C=O) groups is 1. The molecule has 1 saturated carbocycles. The van der Waals surface area contributed by atoms with Crippen LogP contribution in [0.2, 0.25) is 0 Å². The smallest absolute Gasteiger partial charge is 0.226 e. The van der Waals surface area contributed by atoms with Crippen LogP contribution >= 0.6 is 0 Å². The average molecular weight is 380 g/mol. The predicted molar refractivity (Wildman–Crippen MR) is 107 cm³/mol. The van der Waals surface area contributed by atoms with Crippen molar-refractivity contribution in [3.8, 4) is 11.3 Å². The minimum absolute atomic E-state index is 0.0571. The van der Waals surface area contributed by atoms with E-state index in [0.717, 1.165) is 61.8 Å². The van der Waals surface area contributed by atoms with E-state index in [2.05, 4.69) is 21.7 Å². The van der Waals surface area contributed by atoms with E-state index >= 15 is 0 Å². The number of hydrogen-bond acceptors (Lipinski definition) is 5. The summed E-state index contributed by atoms with van der Waals surface area (Å²) in [5, 5.41) is 4.78. The molecular weight excluding hydrogens is 352 g/mol. The summed E-state index contributed by atoms with van der Waals surface area (Å²) in [6.07, 6.45) is 9.32. The number of nitrogens with zero attached hydrogens (tertiary/aromatic N) is 6. The average Bonchev–Trinajstić information content (AvgIpc) is 3.17. The van der Waals surface area contributed by atoms with Gasteiger partial charge in [0.2, 0.25) is 11.9 Å². The summed E-state index contributed by atoms with van der Waals surface area (Å²) >= 11 is 0. The summed E-state index contributed by atoms with van der Waals surface area (Å²) in [5.41, 5.74) is 2.91. The zero-order chi connectivity index (χ0) is 19.3. The lowest BCUT2D eigenvalue weighted by Crippen LogP contribution is -2.32. The first-order valence-electron chi connectivity index (χ1n) is 10.5. The molecule has 7 nitrogen and oxygen atoms in total. The number of aromatic nitrogens is 4. The molecule has 3 aliphatic rings. The maximum Gasteiger partial charge on any atom is 0.226 e. The van der Waals surface area contributed by atoms with Gasteiger partial charge in [-0.15, -0.1) is 0 Å². The molecule has 4 heterocycles. The quantitative estimate of drug-likeness (QED) is 0.816. The van der Waals surface area contributed by atoms with Gasteiger partial charge in [-0.25, -0.2) is 9.97 Å². The van der Waals surface area contributed by atoms with Crippen molar-refractivity contribution in [3.05, 3.63) is 24.2 Å². The van der Waals surface area contributed by atoms with Crippen LogP contribution in [0.15, 0.2) is 18.5 Å². The van der Waals surface area contributed by atoms with Gasteiger partial charge in [-0.2, -0.15) is 5.10 Å². The Morgan fingerprint density at radius 2 is 1.96 bits per heavy atom. The Labute approximate surface area is 165 Å². The van der Waals surface area contributed by atoms with Gasteiger partial charge >= 0.3 is 0 Å². The van der Waals surface area contributed by atoms with Crippen molar-refractivity contribution in [2.75, 3.05) is 24.5 Å². The molecule has 2 aromatic rings. The SMILES string of the molecule is C[C@@H]1C[C@H]1C(=O)N1CCC[C@@H]1c1nn(C)cc1-c1ccnc(N2CCCC2)n1. The number of carbonyl (C=O) groups excluding carboxylic acids is 1. The van der Waals surface area contributed by atoms with Crippen molar-refractivity contribution in [2.24, 2.45) is 18.9 Å². The third kappa shape index (κ3) is 3.06. The van der Waals surface area contributed by atoms with E-state index in [4.69, 9.17) is 10.1 Å². The molecule has 28 heavy (non-hydrogen) atoms. The highest BCUT2D eigenvalue weighted by Crippen LogP contribution is 2.44. The number of likely N-dealkylation sites (tertiary alicyclic amines) is 1. The maximum atomic E-state index is 12.9. The van der Waals surface area contributed by atoms with E-state index in [1.807, 2.05) is 30.2 Å². The van der Waals surface area contributed by atoms with Crippen LogP contribution in [-0.2, 0) is 11.8 Å². The molecule has 3 atom stereocenters. The van der Waals surface area contributed by atoms with Crippen LogP contribution in [0.4, 0.5) is 5.95 Å². The van der Waals surface area contributed by atoms with Crippen molar-refractivity contribution in [1.29, 1.82) is 0 Å². The summed E-state index contributed by atoms with van der Waals surface area (Å²) < 4.78 is 1.85. The number of hydrogen-bond donors (Lipinski definition) is 0. The maximum absolute atomic E-state index is 12.9. The van der Waals surface area contributed by atoms with Gasteiger partial charge < -0.3 is 9.80 Å². The lowest BCUT2D eigenvalue weighted by molar-refractivity contribution is -0.133. The second-order valence-electron chi connectivity index (χ2n) is 8.55. The molecule has 2 aromatic heterocycles. The van der Waals surface area contributed by atoms with E-state index in [1.165, 1.54) is 12.8 Å². The lowest BCUT2D eigenvalue weighted by Gasteiger charge is -2.24. The highest BCUT2D eigenvalue weighted by Gasteiger charge is 2.45. The first-order valence-corrected chi connectivity index (χ1v) is 10.5. The summed E-state index contributed by atoms with van der Waals surface area (Å²) in [6, 6.07) is 2.02. The van der Waals surface area contributed by atoms with Gasteiger partial charge in [0.15, 0.2) is 0 Å². The molecule has 0 unspecified atom stereocenters. The molecule has 1 amide bonds. The molecule has 0 aromatic carbocycles. The fourth-order valence-corrected chi connectivity index (χ4v) is 4.71. The Balaban J connectivity index is 1.47. The van der Waals surface area contributed by atoms with Crippen LogP contribution in [0.25, 0.3) is 11.3 Å². The largest absolute Gasteiger partial charge is 0.341 e. The summed E-state index contributed by atoms with van der Waals surface area (Å²) in [4.78, 5) is 26.6. The minimum atomic E-state index is 0.0571. The van der Waals surface area contributed by atoms with Gasteiger partial charge in [0.25, 0.3) is 0 Å². The molecule has 0 spiro atoms. The Morgan fingerprint density at radius 1 is 1.18 bits per heavy atom. The van der Waals surface area contributed by atoms with Crippen LogP contribution in [0.1, 0.15) is 50.8 Å². The first kappa shape index (κ1) is 17.6. The zero-order valence-electron chi connectivity index (χ0n) is 16.7. The van der Waals surface area contributed by atoms with Gasteiger partial charge in [0.1, 0.15) is 0 Å². The third-order valence-electron chi connectivity index (χ3n) is 6.44. The molecule has 0 bridgehead atoms. The van der Waals surface area contributed by atoms with Crippen molar-refractivity contribution in [3.63, 3.8) is 0 Å². The van der Waals surface area contributed by atoms with E-state index in [9.17, 15) is 4.79 Å². The highest BCUT2D eigenvalue weighted by molar-refractivity contribution is 5.82. The fraction of sp³-hybridized carbons (Fsp3) is 0.619. The molecule has 5 rings (SSSR count). The van der Waals surface area contributed by atoms with Gasteiger partial charge in [-0.05, 0) is 44.1 Å². The van der Waals surface area contributed by atoms with Crippen molar-refractivity contribution in [2.45, 2.75) is 45.1 Å². The van der Waals surface area contributed by atoms with Gasteiger partial charge in [-0.1, -0.05) is 6.92 Å². The van der Waals surface area contributed by atoms with E-state index < -0.39 is 0 Å². The van der Waals surface area contributed by atoms with Crippen LogP contribution in [-0.4, -0.2) is 50.2 Å². The van der Waals surface area contributed by atoms with Crippen LogP contribution in [0.5, 0.6) is 0 Å². The number of amides is 1. The van der Waals surface area contributed by atoms with E-state index in [0.29, 0.717) is 11.8 Å². The molecule has 0 N–H and O–H groups in total. The minimum Gasteiger partial charge on any atom is -0.341 e. The van der Waals surface area contributed by atoms with Crippen LogP contribution in [0, 0.1) is 11.8 Å².